The number of hydrogen-bond acceptors (Lipinski definition) is 3. The largest absolute Gasteiger partial charge is 0.480 e. The minimum absolute atomic E-state index is 0.138. The van der Waals surface area contributed by atoms with E-state index in [4.69, 9.17) is 0 Å². The van der Waals surface area contributed by atoms with Crippen molar-refractivity contribution in [3.05, 3.63) is 71.9 Å². The first-order valence-electron chi connectivity index (χ1n) is 11.1. The maximum Gasteiger partial charge on any atom is 0.326 e. The number of nitrogens with one attached hydrogen (secondary N) is 2. The van der Waals surface area contributed by atoms with Crippen molar-refractivity contribution in [3.8, 4) is 0 Å². The highest BCUT2D eigenvalue weighted by molar-refractivity contribution is 5.91. The molecular formula is C26H31N3O4. The molecule has 0 aliphatic rings. The van der Waals surface area contributed by atoms with E-state index in [-0.39, 0.29) is 24.7 Å². The van der Waals surface area contributed by atoms with E-state index >= 15 is 0 Å². The Labute approximate surface area is 193 Å². The molecule has 3 aromatic rings. The lowest BCUT2D eigenvalue weighted by Crippen LogP contribution is -2.52. The van der Waals surface area contributed by atoms with Gasteiger partial charge in [0, 0.05) is 30.6 Å². The van der Waals surface area contributed by atoms with Crippen LogP contribution in [0, 0.1) is 5.92 Å². The second-order valence-electron chi connectivity index (χ2n) is 8.80. The fourth-order valence-corrected chi connectivity index (χ4v) is 4.01. The number of carbonyl (C=O) groups excluding carboxylic acids is 2. The standard InChI is InChI=1S/C26H31N3O4/c1-17(2)13-21(27-24(30)14-18-9-5-4-6-10-18)25(31)28-22(26(32)33)15-19-16-29(3)23-12-8-7-11-20(19)23/h4-12,16-17,21-22H,13-15H2,1-3H3,(H,27,30)(H,28,31)(H,32,33)/t21-,22+/m0/s1. The van der Waals surface area contributed by atoms with E-state index in [1.54, 1.807) is 0 Å². The lowest BCUT2D eigenvalue weighted by Gasteiger charge is -2.23. The molecule has 3 N–H and O–H groups in total. The van der Waals surface area contributed by atoms with Gasteiger partial charge in [0.2, 0.25) is 11.8 Å². The van der Waals surface area contributed by atoms with Crippen molar-refractivity contribution in [1.29, 1.82) is 0 Å². The van der Waals surface area contributed by atoms with E-state index in [0.29, 0.717) is 6.42 Å². The summed E-state index contributed by atoms with van der Waals surface area (Å²) in [5, 5.41) is 16.2. The summed E-state index contributed by atoms with van der Waals surface area (Å²) < 4.78 is 1.94. The number of carbonyl (C=O) groups is 3. The van der Waals surface area contributed by atoms with Crippen LogP contribution in [0.3, 0.4) is 0 Å². The summed E-state index contributed by atoms with van der Waals surface area (Å²) in [6, 6.07) is 15.1. The molecular weight excluding hydrogens is 418 g/mol. The number of nitrogens with zero attached hydrogens (tertiary/aromatic N) is 1. The SMILES string of the molecule is CC(C)C[C@H](NC(=O)Cc1ccccc1)C(=O)N[C@H](Cc1cn(C)c2ccccc12)C(=O)O. The van der Waals surface area contributed by atoms with Crippen LogP contribution in [0.1, 0.15) is 31.4 Å². The number of carboxylic acid groups (broad SMARTS) is 1. The number of aromatic nitrogens is 1. The molecule has 0 spiro atoms. The molecule has 174 valence electrons. The summed E-state index contributed by atoms with van der Waals surface area (Å²) in [5.41, 5.74) is 2.68. The Balaban J connectivity index is 1.72. The van der Waals surface area contributed by atoms with E-state index < -0.39 is 24.0 Å². The molecule has 1 aromatic heterocycles. The fraction of sp³-hybridized carbons (Fsp3) is 0.346. The maximum absolute atomic E-state index is 13.0. The Morgan fingerprint density at radius 2 is 1.61 bits per heavy atom. The second kappa shape index (κ2) is 10.8. The third kappa shape index (κ3) is 6.44. The molecule has 0 aliphatic carbocycles. The molecule has 0 unspecified atom stereocenters. The monoisotopic (exact) mass is 449 g/mol. The summed E-state index contributed by atoms with van der Waals surface area (Å²) in [4.78, 5) is 37.6. The Hall–Kier alpha value is -3.61. The van der Waals surface area contributed by atoms with E-state index in [1.165, 1.54) is 0 Å². The number of hydrogen-bond donors (Lipinski definition) is 3. The quantitative estimate of drug-likeness (QED) is 0.443. The number of benzene rings is 2. The average molecular weight is 450 g/mol. The van der Waals surface area contributed by atoms with Gasteiger partial charge in [-0.2, -0.15) is 0 Å². The first-order chi connectivity index (χ1) is 15.7. The number of fused-ring (bicyclic) bond motifs is 1. The molecule has 1 heterocycles. The first kappa shape index (κ1) is 24.0. The predicted molar refractivity (Wildman–Crippen MR) is 128 cm³/mol. The lowest BCUT2D eigenvalue weighted by molar-refractivity contribution is -0.142. The smallest absolute Gasteiger partial charge is 0.326 e. The van der Waals surface area contributed by atoms with Crippen LogP contribution >= 0.6 is 0 Å². The van der Waals surface area contributed by atoms with E-state index in [9.17, 15) is 19.5 Å². The third-order valence-electron chi connectivity index (χ3n) is 5.58. The van der Waals surface area contributed by atoms with Crippen LogP contribution in [0.4, 0.5) is 0 Å². The van der Waals surface area contributed by atoms with Gasteiger partial charge in [-0.1, -0.05) is 62.4 Å². The van der Waals surface area contributed by atoms with Gasteiger partial charge in [-0.15, -0.1) is 0 Å². The van der Waals surface area contributed by atoms with Crippen LogP contribution in [0.25, 0.3) is 10.9 Å². The van der Waals surface area contributed by atoms with E-state index in [1.807, 2.05) is 86.3 Å². The lowest BCUT2D eigenvalue weighted by atomic mass is 10.0. The minimum Gasteiger partial charge on any atom is -0.480 e. The van der Waals surface area contributed by atoms with Gasteiger partial charge in [-0.3, -0.25) is 9.59 Å². The molecule has 2 atom stereocenters. The third-order valence-corrected chi connectivity index (χ3v) is 5.58. The van der Waals surface area contributed by atoms with Crippen molar-refractivity contribution in [2.24, 2.45) is 13.0 Å². The molecule has 2 amide bonds. The summed E-state index contributed by atoms with van der Waals surface area (Å²) in [7, 11) is 1.90. The zero-order valence-corrected chi connectivity index (χ0v) is 19.2. The number of carboxylic acids is 1. The van der Waals surface area contributed by atoms with Crippen LogP contribution in [0.2, 0.25) is 0 Å². The molecule has 3 rings (SSSR count). The molecule has 0 saturated carbocycles. The summed E-state index contributed by atoms with van der Waals surface area (Å²) in [6.07, 6.45) is 2.60. The topological polar surface area (TPSA) is 100 Å². The van der Waals surface area contributed by atoms with Crippen LogP contribution in [0.5, 0.6) is 0 Å². The molecule has 33 heavy (non-hydrogen) atoms. The number of aryl methyl sites for hydroxylation is 1. The van der Waals surface area contributed by atoms with Gasteiger partial charge < -0.3 is 20.3 Å². The van der Waals surface area contributed by atoms with Crippen molar-refractivity contribution in [3.63, 3.8) is 0 Å². The normalized spacial score (nSPS) is 13.0. The van der Waals surface area contributed by atoms with Crippen LogP contribution in [-0.2, 0) is 34.3 Å². The van der Waals surface area contributed by atoms with Crippen molar-refractivity contribution in [2.45, 2.75) is 45.2 Å². The van der Waals surface area contributed by atoms with Gasteiger partial charge >= 0.3 is 5.97 Å². The highest BCUT2D eigenvalue weighted by Crippen LogP contribution is 2.21. The van der Waals surface area contributed by atoms with Gasteiger partial charge in [0.25, 0.3) is 0 Å². The van der Waals surface area contributed by atoms with E-state index in [0.717, 1.165) is 22.0 Å². The first-order valence-corrected chi connectivity index (χ1v) is 11.1. The summed E-state index contributed by atoms with van der Waals surface area (Å²) in [6.45, 7) is 3.91. The predicted octanol–water partition coefficient (Wildman–Crippen LogP) is 3.06. The Kier molecular flexibility index (Phi) is 7.87. The number of rotatable bonds is 10. The van der Waals surface area contributed by atoms with Crippen molar-refractivity contribution < 1.29 is 19.5 Å². The number of aliphatic carboxylic acids is 1. The highest BCUT2D eigenvalue weighted by Gasteiger charge is 2.28. The molecule has 0 saturated heterocycles. The van der Waals surface area contributed by atoms with E-state index in [2.05, 4.69) is 10.6 Å². The Bertz CT molecular complexity index is 1120. The van der Waals surface area contributed by atoms with Crippen molar-refractivity contribution >= 4 is 28.7 Å². The van der Waals surface area contributed by atoms with Gasteiger partial charge in [-0.05, 0) is 29.5 Å². The maximum atomic E-state index is 13.0. The molecule has 0 bridgehead atoms. The fourth-order valence-electron chi connectivity index (χ4n) is 4.01. The summed E-state index contributed by atoms with van der Waals surface area (Å²) >= 11 is 0. The molecule has 0 radical (unpaired) electrons. The van der Waals surface area contributed by atoms with Crippen molar-refractivity contribution in [2.75, 3.05) is 0 Å². The van der Waals surface area contributed by atoms with Gasteiger partial charge in [-0.25, -0.2) is 4.79 Å². The highest BCUT2D eigenvalue weighted by atomic mass is 16.4. The van der Waals surface area contributed by atoms with Gasteiger partial charge in [0.15, 0.2) is 0 Å². The Morgan fingerprint density at radius 3 is 2.27 bits per heavy atom. The second-order valence-corrected chi connectivity index (χ2v) is 8.80. The summed E-state index contributed by atoms with van der Waals surface area (Å²) in [5.74, 6) is -1.74. The van der Waals surface area contributed by atoms with Crippen LogP contribution in [0.15, 0.2) is 60.8 Å². The van der Waals surface area contributed by atoms with Crippen LogP contribution < -0.4 is 10.6 Å². The molecule has 0 aliphatic heterocycles. The zero-order chi connectivity index (χ0) is 24.0. The van der Waals surface area contributed by atoms with Gasteiger partial charge in [0.05, 0.1) is 6.42 Å². The van der Waals surface area contributed by atoms with Crippen LogP contribution in [-0.4, -0.2) is 39.5 Å². The molecule has 7 heteroatoms. The Morgan fingerprint density at radius 1 is 0.939 bits per heavy atom. The minimum atomic E-state index is -1.12. The average Bonchev–Trinajstić information content (AvgIpc) is 3.08. The molecule has 2 aromatic carbocycles. The zero-order valence-electron chi connectivity index (χ0n) is 19.2. The van der Waals surface area contributed by atoms with Crippen molar-refractivity contribution in [1.82, 2.24) is 15.2 Å². The molecule has 7 nitrogen and oxygen atoms in total. The van der Waals surface area contributed by atoms with Gasteiger partial charge in [0.1, 0.15) is 12.1 Å². The number of amides is 2. The molecule has 0 fully saturated rings. The number of para-hydroxylation sites is 1.